The minimum atomic E-state index is -1.11. The molecule has 0 unspecified atom stereocenters. The zero-order valence-corrected chi connectivity index (χ0v) is 15.2. The van der Waals surface area contributed by atoms with Gasteiger partial charge in [0.15, 0.2) is 12.4 Å². The molecule has 0 radical (unpaired) electrons. The molecule has 0 atom stereocenters. The van der Waals surface area contributed by atoms with Gasteiger partial charge in [0, 0.05) is 10.7 Å². The van der Waals surface area contributed by atoms with Crippen molar-refractivity contribution in [1.29, 1.82) is 0 Å². The number of ketones is 1. The molecular weight excluding hydrogens is 400 g/mol. The van der Waals surface area contributed by atoms with Crippen LogP contribution >= 0.6 is 15.9 Å². The number of aliphatic carboxylic acids is 1. The molecule has 0 amide bonds. The Kier molecular flexibility index (Phi) is 5.48. The number of carbonyl (C=O) groups is 2. The van der Waals surface area contributed by atoms with Gasteiger partial charge in [-0.1, -0.05) is 46.3 Å². The summed E-state index contributed by atoms with van der Waals surface area (Å²) in [4.78, 5) is 23.6. The average Bonchev–Trinajstić information content (AvgIpc) is 3.09. The van der Waals surface area contributed by atoms with Gasteiger partial charge in [0.1, 0.15) is 5.75 Å². The van der Waals surface area contributed by atoms with E-state index in [1.54, 1.807) is 29.1 Å². The lowest BCUT2D eigenvalue weighted by atomic mass is 10.1. The number of nitrogens with zero attached hydrogens (tertiary/aromatic N) is 2. The number of hydrogen-bond acceptors (Lipinski definition) is 4. The van der Waals surface area contributed by atoms with E-state index in [9.17, 15) is 9.59 Å². The third-order valence-electron chi connectivity index (χ3n) is 3.62. The molecule has 3 rings (SSSR count). The summed E-state index contributed by atoms with van der Waals surface area (Å²) in [5.74, 6) is -1.18. The number of aromatic nitrogens is 2. The standard InChI is InChI=1S/C19H15BrN2O4/c20-15-6-7-17(26-12-18(23)24)16(8-15)19(25)14-9-21-22(11-14)10-13-4-2-1-3-5-13/h1-9,11H,10,12H2,(H,23,24). The third-order valence-corrected chi connectivity index (χ3v) is 4.11. The van der Waals surface area contributed by atoms with E-state index in [0.717, 1.165) is 5.56 Å². The van der Waals surface area contributed by atoms with Crippen molar-refractivity contribution in [3.8, 4) is 5.75 Å². The monoisotopic (exact) mass is 414 g/mol. The SMILES string of the molecule is O=C(O)COc1ccc(Br)cc1C(=O)c1cnn(Cc2ccccc2)c1. The maximum Gasteiger partial charge on any atom is 0.341 e. The Morgan fingerprint density at radius 1 is 1.15 bits per heavy atom. The summed E-state index contributed by atoms with van der Waals surface area (Å²) >= 11 is 3.32. The number of rotatable bonds is 7. The molecule has 1 N–H and O–H groups in total. The van der Waals surface area contributed by atoms with Crippen molar-refractivity contribution < 1.29 is 19.4 Å². The van der Waals surface area contributed by atoms with Crippen LogP contribution in [0.1, 0.15) is 21.5 Å². The second-order valence-corrected chi connectivity index (χ2v) is 6.48. The van der Waals surface area contributed by atoms with Crippen molar-refractivity contribution in [3.05, 3.63) is 82.1 Å². The Hall–Kier alpha value is -2.93. The number of carboxylic acid groups (broad SMARTS) is 1. The van der Waals surface area contributed by atoms with Crippen LogP contribution in [0.25, 0.3) is 0 Å². The van der Waals surface area contributed by atoms with Crippen LogP contribution in [0.5, 0.6) is 5.75 Å². The van der Waals surface area contributed by atoms with Crippen LogP contribution in [0.15, 0.2) is 65.4 Å². The Morgan fingerprint density at radius 3 is 2.65 bits per heavy atom. The van der Waals surface area contributed by atoms with Gasteiger partial charge in [-0.2, -0.15) is 5.10 Å². The molecule has 26 heavy (non-hydrogen) atoms. The van der Waals surface area contributed by atoms with E-state index in [1.165, 1.54) is 6.20 Å². The van der Waals surface area contributed by atoms with Crippen molar-refractivity contribution in [2.24, 2.45) is 0 Å². The van der Waals surface area contributed by atoms with E-state index in [2.05, 4.69) is 21.0 Å². The molecule has 6 nitrogen and oxygen atoms in total. The number of ether oxygens (including phenoxy) is 1. The van der Waals surface area contributed by atoms with Crippen LogP contribution in [0.3, 0.4) is 0 Å². The minimum Gasteiger partial charge on any atom is -0.481 e. The minimum absolute atomic E-state index is 0.219. The number of halogens is 1. The first-order chi connectivity index (χ1) is 12.5. The topological polar surface area (TPSA) is 81.4 Å². The zero-order valence-electron chi connectivity index (χ0n) is 13.6. The van der Waals surface area contributed by atoms with E-state index in [1.807, 2.05) is 30.3 Å². The summed E-state index contributed by atoms with van der Waals surface area (Å²) in [7, 11) is 0. The number of benzene rings is 2. The average molecular weight is 415 g/mol. The van der Waals surface area contributed by atoms with E-state index >= 15 is 0 Å². The molecule has 0 bridgehead atoms. The Labute approximate surface area is 158 Å². The summed E-state index contributed by atoms with van der Waals surface area (Å²) in [6.45, 7) is 0.0319. The molecule has 1 heterocycles. The zero-order chi connectivity index (χ0) is 18.5. The molecule has 0 spiro atoms. The van der Waals surface area contributed by atoms with E-state index in [0.29, 0.717) is 16.6 Å². The molecule has 0 fully saturated rings. The first-order valence-corrected chi connectivity index (χ1v) is 8.57. The maximum absolute atomic E-state index is 12.8. The molecule has 0 saturated heterocycles. The van der Waals surface area contributed by atoms with E-state index in [4.69, 9.17) is 9.84 Å². The van der Waals surface area contributed by atoms with Crippen LogP contribution < -0.4 is 4.74 Å². The highest BCUT2D eigenvalue weighted by molar-refractivity contribution is 9.10. The largest absolute Gasteiger partial charge is 0.481 e. The van der Waals surface area contributed by atoms with Gasteiger partial charge in [-0.25, -0.2) is 4.79 Å². The molecular formula is C19H15BrN2O4. The highest BCUT2D eigenvalue weighted by Crippen LogP contribution is 2.26. The van der Waals surface area contributed by atoms with Gasteiger partial charge in [-0.05, 0) is 23.8 Å². The smallest absolute Gasteiger partial charge is 0.341 e. The lowest BCUT2D eigenvalue weighted by molar-refractivity contribution is -0.139. The lowest BCUT2D eigenvalue weighted by Gasteiger charge is -2.09. The van der Waals surface area contributed by atoms with Gasteiger partial charge < -0.3 is 9.84 Å². The summed E-state index contributed by atoms with van der Waals surface area (Å²) in [5.41, 5.74) is 1.75. The lowest BCUT2D eigenvalue weighted by Crippen LogP contribution is -2.12. The normalized spacial score (nSPS) is 10.5. The summed E-state index contributed by atoms with van der Waals surface area (Å²) in [6.07, 6.45) is 3.16. The van der Waals surface area contributed by atoms with Crippen molar-refractivity contribution >= 4 is 27.7 Å². The maximum atomic E-state index is 12.8. The van der Waals surface area contributed by atoms with Gasteiger partial charge >= 0.3 is 5.97 Å². The summed E-state index contributed by atoms with van der Waals surface area (Å²) < 4.78 is 7.60. The molecule has 132 valence electrons. The number of carboxylic acids is 1. The summed E-state index contributed by atoms with van der Waals surface area (Å²) in [5, 5.41) is 13.0. The Balaban J connectivity index is 1.83. The predicted octanol–water partition coefficient (Wildman–Crippen LogP) is 3.39. The van der Waals surface area contributed by atoms with E-state index in [-0.39, 0.29) is 17.1 Å². The molecule has 3 aromatic rings. The van der Waals surface area contributed by atoms with Gasteiger partial charge in [0.2, 0.25) is 0 Å². The molecule has 0 saturated carbocycles. The van der Waals surface area contributed by atoms with Crippen LogP contribution in [-0.4, -0.2) is 33.2 Å². The third kappa shape index (κ3) is 4.37. The highest BCUT2D eigenvalue weighted by atomic mass is 79.9. The fraction of sp³-hybridized carbons (Fsp3) is 0.105. The molecule has 0 aliphatic heterocycles. The van der Waals surface area contributed by atoms with Crippen LogP contribution in [0.2, 0.25) is 0 Å². The van der Waals surface area contributed by atoms with Gasteiger partial charge in [-0.3, -0.25) is 9.48 Å². The number of carbonyl (C=O) groups excluding carboxylic acids is 1. The number of hydrogen-bond donors (Lipinski definition) is 1. The van der Waals surface area contributed by atoms with Crippen molar-refractivity contribution in [2.45, 2.75) is 6.54 Å². The van der Waals surface area contributed by atoms with Crippen LogP contribution in [-0.2, 0) is 11.3 Å². The molecule has 0 aliphatic rings. The van der Waals surface area contributed by atoms with Crippen LogP contribution in [0.4, 0.5) is 0 Å². The van der Waals surface area contributed by atoms with Crippen molar-refractivity contribution in [3.63, 3.8) is 0 Å². The quantitative estimate of drug-likeness (QED) is 0.599. The highest BCUT2D eigenvalue weighted by Gasteiger charge is 2.18. The van der Waals surface area contributed by atoms with Crippen molar-refractivity contribution in [1.82, 2.24) is 9.78 Å². The fourth-order valence-electron chi connectivity index (χ4n) is 2.44. The second kappa shape index (κ2) is 7.97. The van der Waals surface area contributed by atoms with Crippen LogP contribution in [0, 0.1) is 0 Å². The van der Waals surface area contributed by atoms with Gasteiger partial charge in [0.25, 0.3) is 0 Å². The van der Waals surface area contributed by atoms with Gasteiger partial charge in [0.05, 0.1) is 23.9 Å². The summed E-state index contributed by atoms with van der Waals surface area (Å²) in [6, 6.07) is 14.6. The van der Waals surface area contributed by atoms with Gasteiger partial charge in [-0.15, -0.1) is 0 Å². The molecule has 7 heteroatoms. The fourth-order valence-corrected chi connectivity index (χ4v) is 2.80. The molecule has 1 aromatic heterocycles. The molecule has 0 aliphatic carbocycles. The van der Waals surface area contributed by atoms with Crippen molar-refractivity contribution in [2.75, 3.05) is 6.61 Å². The predicted molar refractivity (Wildman–Crippen MR) is 98.5 cm³/mol. The first-order valence-electron chi connectivity index (χ1n) is 7.78. The molecule has 2 aromatic carbocycles. The first kappa shape index (κ1) is 17.9. The second-order valence-electron chi connectivity index (χ2n) is 5.56. The van der Waals surface area contributed by atoms with E-state index < -0.39 is 12.6 Å². The Bertz CT molecular complexity index is 938. The Morgan fingerprint density at radius 2 is 1.92 bits per heavy atom.